The average Bonchev–Trinajstić information content (AvgIpc) is 1.98. The lowest BCUT2D eigenvalue weighted by atomic mass is 10.1. The van der Waals surface area contributed by atoms with Gasteiger partial charge in [0.25, 0.3) is 0 Å². The third-order valence-corrected chi connectivity index (χ3v) is 1.75. The van der Waals surface area contributed by atoms with E-state index in [4.69, 9.17) is 5.73 Å². The molecule has 0 bridgehead atoms. The molecule has 14 heavy (non-hydrogen) atoms. The van der Waals surface area contributed by atoms with E-state index in [0.717, 1.165) is 6.42 Å². The van der Waals surface area contributed by atoms with Crippen LogP contribution < -0.4 is 16.4 Å². The quantitative estimate of drug-likeness (QED) is 0.534. The Morgan fingerprint density at radius 2 is 1.64 bits per heavy atom. The third-order valence-electron chi connectivity index (χ3n) is 1.75. The average molecular weight is 201 g/mol. The Kier molecular flexibility index (Phi) is 5.87. The van der Waals surface area contributed by atoms with Crippen molar-refractivity contribution in [2.45, 2.75) is 45.8 Å². The summed E-state index contributed by atoms with van der Waals surface area (Å²) >= 11 is 0. The molecule has 0 aromatic carbocycles. The van der Waals surface area contributed by atoms with Crippen molar-refractivity contribution in [1.82, 2.24) is 10.6 Å². The largest absolute Gasteiger partial charge is 0.354 e. The predicted octanol–water partition coefficient (Wildman–Crippen LogP) is -0.288. The van der Waals surface area contributed by atoms with Gasteiger partial charge in [0.2, 0.25) is 11.8 Å². The molecule has 0 radical (unpaired) electrons. The molecule has 0 saturated carbocycles. The highest BCUT2D eigenvalue weighted by Gasteiger charge is 2.07. The summed E-state index contributed by atoms with van der Waals surface area (Å²) in [7, 11) is 0. The molecule has 0 aliphatic heterocycles. The van der Waals surface area contributed by atoms with Gasteiger partial charge in [-0.05, 0) is 19.8 Å². The van der Waals surface area contributed by atoms with Crippen molar-refractivity contribution in [2.75, 3.05) is 0 Å². The van der Waals surface area contributed by atoms with E-state index in [1.165, 1.54) is 13.8 Å². The minimum absolute atomic E-state index is 0.0504. The van der Waals surface area contributed by atoms with Crippen molar-refractivity contribution in [3.05, 3.63) is 0 Å². The van der Waals surface area contributed by atoms with Gasteiger partial charge in [0.1, 0.15) is 0 Å². The molecule has 5 nitrogen and oxygen atoms in total. The van der Waals surface area contributed by atoms with E-state index in [0.29, 0.717) is 6.42 Å². The molecule has 82 valence electrons. The van der Waals surface area contributed by atoms with E-state index in [9.17, 15) is 9.59 Å². The summed E-state index contributed by atoms with van der Waals surface area (Å²) in [5.74, 6) is -0.185. The summed E-state index contributed by atoms with van der Waals surface area (Å²) in [6.45, 7) is 4.81. The minimum Gasteiger partial charge on any atom is -0.354 e. The summed E-state index contributed by atoms with van der Waals surface area (Å²) in [5.41, 5.74) is 5.61. The number of carbonyl (C=O) groups excluding carboxylic acids is 2. The topological polar surface area (TPSA) is 84.2 Å². The van der Waals surface area contributed by atoms with Gasteiger partial charge in [-0.1, -0.05) is 0 Å². The van der Waals surface area contributed by atoms with Crippen molar-refractivity contribution >= 4 is 11.8 Å². The lowest BCUT2D eigenvalue weighted by Crippen LogP contribution is -2.41. The van der Waals surface area contributed by atoms with Crippen LogP contribution in [0.2, 0.25) is 0 Å². The van der Waals surface area contributed by atoms with Gasteiger partial charge in [-0.3, -0.25) is 9.59 Å². The molecule has 0 aromatic rings. The van der Waals surface area contributed by atoms with Crippen LogP contribution in [0.3, 0.4) is 0 Å². The van der Waals surface area contributed by atoms with Gasteiger partial charge < -0.3 is 16.4 Å². The van der Waals surface area contributed by atoms with Crippen molar-refractivity contribution in [1.29, 1.82) is 0 Å². The predicted molar refractivity (Wildman–Crippen MR) is 54.3 cm³/mol. The zero-order chi connectivity index (χ0) is 11.1. The first-order chi connectivity index (χ1) is 6.41. The molecule has 5 heteroatoms. The Labute approximate surface area is 84.4 Å². The maximum Gasteiger partial charge on any atom is 0.218 e. The van der Waals surface area contributed by atoms with Crippen LogP contribution in [0.25, 0.3) is 0 Å². The first kappa shape index (κ1) is 12.9. The molecule has 0 aliphatic rings. The van der Waals surface area contributed by atoms with Crippen LogP contribution in [0.5, 0.6) is 0 Å². The van der Waals surface area contributed by atoms with Gasteiger partial charge in [0.15, 0.2) is 0 Å². The summed E-state index contributed by atoms with van der Waals surface area (Å²) in [6.07, 6.45) is 1.07. The second kappa shape index (κ2) is 6.37. The van der Waals surface area contributed by atoms with Crippen molar-refractivity contribution < 1.29 is 9.59 Å². The number of carbonyl (C=O) groups is 2. The second-order valence-corrected chi connectivity index (χ2v) is 3.49. The molecular weight excluding hydrogens is 182 g/mol. The van der Waals surface area contributed by atoms with E-state index < -0.39 is 0 Å². The van der Waals surface area contributed by atoms with Crippen molar-refractivity contribution in [2.24, 2.45) is 5.73 Å². The van der Waals surface area contributed by atoms with Crippen LogP contribution in [0.4, 0.5) is 0 Å². The maximum absolute atomic E-state index is 10.7. The lowest BCUT2D eigenvalue weighted by molar-refractivity contribution is -0.120. The van der Waals surface area contributed by atoms with Crippen LogP contribution in [0.15, 0.2) is 0 Å². The number of rotatable bonds is 5. The van der Waals surface area contributed by atoms with Gasteiger partial charge in [-0.25, -0.2) is 0 Å². The first-order valence-corrected chi connectivity index (χ1v) is 4.71. The Morgan fingerprint density at radius 3 is 2.07 bits per heavy atom. The fourth-order valence-electron chi connectivity index (χ4n) is 1.18. The van der Waals surface area contributed by atoms with Gasteiger partial charge in [-0.15, -0.1) is 0 Å². The minimum atomic E-state index is -0.330. The lowest BCUT2D eigenvalue weighted by Gasteiger charge is -2.16. The summed E-state index contributed by atoms with van der Waals surface area (Å²) in [5, 5.41) is 5.32. The number of nitrogens with one attached hydrogen (secondary N) is 2. The van der Waals surface area contributed by atoms with Gasteiger partial charge in [-0.2, -0.15) is 0 Å². The van der Waals surface area contributed by atoms with Crippen molar-refractivity contribution in [3.63, 3.8) is 0 Å². The number of hydrogen-bond acceptors (Lipinski definition) is 3. The molecule has 0 fully saturated rings. The Bertz CT molecular complexity index is 184. The van der Waals surface area contributed by atoms with E-state index in [1.807, 2.05) is 6.92 Å². The Morgan fingerprint density at radius 1 is 1.14 bits per heavy atom. The zero-order valence-electron chi connectivity index (χ0n) is 8.96. The monoisotopic (exact) mass is 201 g/mol. The van der Waals surface area contributed by atoms with Crippen LogP contribution in [-0.4, -0.2) is 24.0 Å². The third kappa shape index (κ3) is 7.54. The van der Waals surface area contributed by atoms with Crippen molar-refractivity contribution in [3.8, 4) is 0 Å². The molecule has 0 spiro atoms. The Balaban J connectivity index is 3.60. The van der Waals surface area contributed by atoms with E-state index in [2.05, 4.69) is 10.6 Å². The number of nitrogens with two attached hydrogens (primary N) is 1. The second-order valence-electron chi connectivity index (χ2n) is 3.49. The van der Waals surface area contributed by atoms with Gasteiger partial charge >= 0.3 is 0 Å². The SMILES string of the molecule is CC(=O)NC(C)CCC(N)NC(C)=O. The standard InChI is InChI=1S/C9H19N3O2/c1-6(11-7(2)13)4-5-9(10)12-8(3)14/h6,9H,4-5,10H2,1-3H3,(H,11,13)(H,12,14). The Hall–Kier alpha value is -1.10. The van der Waals surface area contributed by atoms with Crippen LogP contribution in [0.1, 0.15) is 33.6 Å². The molecule has 2 atom stereocenters. The van der Waals surface area contributed by atoms with Crippen LogP contribution in [0, 0.1) is 0 Å². The van der Waals surface area contributed by atoms with Crippen LogP contribution in [-0.2, 0) is 9.59 Å². The summed E-state index contributed by atoms with van der Waals surface area (Å²) in [6, 6.07) is 0.0901. The van der Waals surface area contributed by atoms with E-state index >= 15 is 0 Å². The highest BCUT2D eigenvalue weighted by Crippen LogP contribution is 1.97. The summed E-state index contributed by atoms with van der Waals surface area (Å²) in [4.78, 5) is 21.3. The molecule has 2 unspecified atom stereocenters. The van der Waals surface area contributed by atoms with Gasteiger partial charge in [0, 0.05) is 19.9 Å². The highest BCUT2D eigenvalue weighted by molar-refractivity contribution is 5.73. The molecular formula is C9H19N3O2. The fourth-order valence-corrected chi connectivity index (χ4v) is 1.18. The number of hydrogen-bond donors (Lipinski definition) is 3. The van der Waals surface area contributed by atoms with E-state index in [-0.39, 0.29) is 24.0 Å². The number of amides is 2. The highest BCUT2D eigenvalue weighted by atomic mass is 16.2. The molecule has 2 amide bonds. The molecule has 0 aliphatic carbocycles. The first-order valence-electron chi connectivity index (χ1n) is 4.71. The molecule has 0 rings (SSSR count). The molecule has 0 aromatic heterocycles. The molecule has 0 heterocycles. The molecule has 4 N–H and O–H groups in total. The van der Waals surface area contributed by atoms with E-state index in [1.54, 1.807) is 0 Å². The fraction of sp³-hybridized carbons (Fsp3) is 0.778. The van der Waals surface area contributed by atoms with Crippen LogP contribution >= 0.6 is 0 Å². The summed E-state index contributed by atoms with van der Waals surface area (Å²) < 4.78 is 0. The zero-order valence-corrected chi connectivity index (χ0v) is 8.96. The maximum atomic E-state index is 10.7. The van der Waals surface area contributed by atoms with Gasteiger partial charge in [0.05, 0.1) is 6.17 Å². The smallest absolute Gasteiger partial charge is 0.218 e. The normalized spacial score (nSPS) is 14.3. The molecule has 0 saturated heterocycles.